The molecule has 0 radical (unpaired) electrons. The standard InChI is InChI=1S/C2H3N2O/c1-2-5-4-3/h2H,1H2/q-1. The maximum absolute atomic E-state index is 7.40. The molecule has 0 saturated heterocycles. The summed E-state index contributed by atoms with van der Waals surface area (Å²) in [4.78, 5) is 3.78. The molecule has 3 heteroatoms. The van der Waals surface area contributed by atoms with Crippen LogP contribution in [0.15, 0.2) is 18.1 Å². The second kappa shape index (κ2) is 3.14. The van der Waals surface area contributed by atoms with Crippen LogP contribution in [0.3, 0.4) is 0 Å². The molecule has 0 unspecified atom stereocenters. The van der Waals surface area contributed by atoms with E-state index >= 15 is 0 Å². The van der Waals surface area contributed by atoms with Crippen LogP contribution in [0.2, 0.25) is 0 Å². The van der Waals surface area contributed by atoms with E-state index in [9.17, 15) is 0 Å². The Morgan fingerprint density at radius 2 is 2.60 bits per heavy atom. The van der Waals surface area contributed by atoms with Crippen LogP contribution in [0.1, 0.15) is 0 Å². The Labute approximate surface area is 29.7 Å². The molecule has 0 aromatic heterocycles. The predicted octanol–water partition coefficient (Wildman–Crippen LogP) is 1.08. The Morgan fingerprint density at radius 1 is 2.00 bits per heavy atom. The molecule has 0 atom stereocenters. The van der Waals surface area contributed by atoms with Crippen molar-refractivity contribution in [2.45, 2.75) is 0 Å². The molecule has 0 aliphatic carbocycles. The summed E-state index contributed by atoms with van der Waals surface area (Å²) in [6.07, 6.45) is 1.01. The summed E-state index contributed by atoms with van der Waals surface area (Å²) >= 11 is 0. The molecule has 0 aromatic rings. The molecule has 0 rings (SSSR count). The topological polar surface area (TPSA) is 43.9 Å². The van der Waals surface area contributed by atoms with Crippen LogP contribution in [-0.2, 0) is 4.84 Å². The molecule has 5 heavy (non-hydrogen) atoms. The molecular weight excluding hydrogens is 68.0 g/mol. The summed E-state index contributed by atoms with van der Waals surface area (Å²) < 4.78 is 0. The molecular formula is C2H3N2O-. The van der Waals surface area contributed by atoms with Crippen molar-refractivity contribution in [1.29, 1.82) is 0 Å². The lowest BCUT2D eigenvalue weighted by atomic mass is 11.2. The third kappa shape index (κ3) is 3.14. The highest BCUT2D eigenvalue weighted by Crippen LogP contribution is 1.67. The highest BCUT2D eigenvalue weighted by Gasteiger charge is 1.40. The number of nitrogens with zero attached hydrogens (tertiary/aromatic N) is 2. The number of hydrogen-bond donors (Lipinski definition) is 0. The van der Waals surface area contributed by atoms with Crippen molar-refractivity contribution in [3.8, 4) is 0 Å². The Morgan fingerprint density at radius 3 is 2.60 bits per heavy atom. The van der Waals surface area contributed by atoms with Crippen molar-refractivity contribution in [3.05, 3.63) is 18.4 Å². The normalized spacial score (nSPS) is 5.60. The highest BCUT2D eigenvalue weighted by atomic mass is 16.6. The van der Waals surface area contributed by atoms with Crippen molar-refractivity contribution in [2.24, 2.45) is 5.28 Å². The van der Waals surface area contributed by atoms with Gasteiger partial charge in [0.2, 0.25) is 0 Å². The van der Waals surface area contributed by atoms with Gasteiger partial charge in [0.05, 0.1) is 0 Å². The maximum atomic E-state index is 7.40. The summed E-state index contributed by atoms with van der Waals surface area (Å²) in [5.74, 6) is 0. The Balaban J connectivity index is 2.65. The zero-order valence-corrected chi connectivity index (χ0v) is 2.59. The third-order valence-electron chi connectivity index (χ3n) is 0.122. The van der Waals surface area contributed by atoms with Gasteiger partial charge in [-0.05, 0) is 0 Å². The maximum Gasteiger partial charge on any atom is 0.112 e. The van der Waals surface area contributed by atoms with E-state index < -0.39 is 0 Å². The summed E-state index contributed by atoms with van der Waals surface area (Å²) in [5, 5.41) is 2.24. The molecule has 0 aliphatic rings. The van der Waals surface area contributed by atoms with Crippen molar-refractivity contribution in [1.82, 2.24) is 0 Å². The molecule has 0 bridgehead atoms. The minimum atomic E-state index is 1.01. The first-order valence-electron chi connectivity index (χ1n) is 1.03. The Hall–Kier alpha value is -0.860. The molecule has 0 N–H and O–H groups in total. The van der Waals surface area contributed by atoms with Crippen molar-refractivity contribution < 1.29 is 4.84 Å². The molecule has 0 saturated carbocycles. The SMILES string of the molecule is C=CON=[N-]. The Kier molecular flexibility index (Phi) is 2.60. The fraction of sp³-hybridized carbons (Fsp3) is 0. The van der Waals surface area contributed by atoms with Gasteiger partial charge in [0.25, 0.3) is 0 Å². The molecule has 0 fully saturated rings. The van der Waals surface area contributed by atoms with Crippen LogP contribution in [-0.4, -0.2) is 0 Å². The molecule has 0 aliphatic heterocycles. The second-order valence-electron chi connectivity index (χ2n) is 0.354. The minimum absolute atomic E-state index is 1.01. The lowest BCUT2D eigenvalue weighted by molar-refractivity contribution is 0.263. The molecule has 0 amide bonds. The van der Waals surface area contributed by atoms with Crippen molar-refractivity contribution in [2.75, 3.05) is 0 Å². The van der Waals surface area contributed by atoms with E-state index in [1.165, 1.54) is 0 Å². The monoisotopic (exact) mass is 71.0 g/mol. The van der Waals surface area contributed by atoms with E-state index in [1.54, 1.807) is 0 Å². The van der Waals surface area contributed by atoms with Gasteiger partial charge in [0.1, 0.15) is 6.26 Å². The molecule has 0 heterocycles. The van der Waals surface area contributed by atoms with Crippen LogP contribution in [0.4, 0.5) is 0 Å². The zero-order valence-electron chi connectivity index (χ0n) is 2.59. The lowest BCUT2D eigenvalue weighted by Crippen LogP contribution is -1.51. The lowest BCUT2D eigenvalue weighted by Gasteiger charge is -1.83. The minimum Gasteiger partial charge on any atom is -0.669 e. The second-order valence-corrected chi connectivity index (χ2v) is 0.354. The zero-order chi connectivity index (χ0) is 4.12. The largest absolute Gasteiger partial charge is 0.669 e. The van der Waals surface area contributed by atoms with E-state index in [1.807, 2.05) is 0 Å². The first-order valence-corrected chi connectivity index (χ1v) is 1.03. The fourth-order valence-electron chi connectivity index (χ4n) is 0.0333. The quantitative estimate of drug-likeness (QED) is 0.273. The van der Waals surface area contributed by atoms with Gasteiger partial charge in [0, 0.05) is 0 Å². The molecule has 3 nitrogen and oxygen atoms in total. The van der Waals surface area contributed by atoms with Crippen molar-refractivity contribution in [3.63, 3.8) is 0 Å². The summed E-state index contributed by atoms with van der Waals surface area (Å²) in [6.45, 7) is 3.07. The van der Waals surface area contributed by atoms with Gasteiger partial charge in [0.15, 0.2) is 0 Å². The van der Waals surface area contributed by atoms with Crippen LogP contribution < -0.4 is 0 Å². The first-order chi connectivity index (χ1) is 2.41. The summed E-state index contributed by atoms with van der Waals surface area (Å²) in [5.41, 5.74) is 7.40. The summed E-state index contributed by atoms with van der Waals surface area (Å²) in [7, 11) is 0. The molecule has 28 valence electrons. The van der Waals surface area contributed by atoms with E-state index in [0.717, 1.165) is 6.26 Å². The fourth-order valence-corrected chi connectivity index (χ4v) is 0.0333. The highest BCUT2D eigenvalue weighted by molar-refractivity contribution is 4.43. The number of hydrogen-bond acceptors (Lipinski definition) is 2. The van der Waals surface area contributed by atoms with Gasteiger partial charge in [-0.3, -0.25) is 0 Å². The van der Waals surface area contributed by atoms with E-state index in [0.29, 0.717) is 0 Å². The van der Waals surface area contributed by atoms with E-state index in [2.05, 4.69) is 16.7 Å². The van der Waals surface area contributed by atoms with Crippen LogP contribution in [0.25, 0.3) is 5.53 Å². The van der Waals surface area contributed by atoms with Gasteiger partial charge in [-0.1, -0.05) is 6.58 Å². The van der Waals surface area contributed by atoms with E-state index in [-0.39, 0.29) is 0 Å². The van der Waals surface area contributed by atoms with Crippen LogP contribution in [0.5, 0.6) is 0 Å². The van der Waals surface area contributed by atoms with E-state index in [4.69, 9.17) is 5.53 Å². The predicted molar refractivity (Wildman–Crippen MR) is 17.1 cm³/mol. The molecule has 0 aromatic carbocycles. The van der Waals surface area contributed by atoms with Crippen LogP contribution in [0, 0.1) is 0 Å². The molecule has 0 spiro atoms. The van der Waals surface area contributed by atoms with Crippen LogP contribution >= 0.6 is 0 Å². The van der Waals surface area contributed by atoms with Gasteiger partial charge in [-0.25, -0.2) is 5.28 Å². The Bertz CT molecular complexity index is 36.9. The average molecular weight is 71.1 g/mol. The van der Waals surface area contributed by atoms with Gasteiger partial charge >= 0.3 is 0 Å². The number of rotatable bonds is 2. The van der Waals surface area contributed by atoms with Crippen molar-refractivity contribution >= 4 is 0 Å². The van der Waals surface area contributed by atoms with Gasteiger partial charge < -0.3 is 10.4 Å². The first kappa shape index (κ1) is 4.14. The van der Waals surface area contributed by atoms with Gasteiger partial charge in [-0.15, -0.1) is 0 Å². The third-order valence-corrected chi connectivity index (χ3v) is 0.122. The smallest absolute Gasteiger partial charge is 0.112 e. The van der Waals surface area contributed by atoms with Gasteiger partial charge in [-0.2, -0.15) is 0 Å². The average Bonchev–Trinajstić information content (AvgIpc) is 1.41. The summed E-state index contributed by atoms with van der Waals surface area (Å²) in [6, 6.07) is 0.